The molecule has 3 heteroatoms. The summed E-state index contributed by atoms with van der Waals surface area (Å²) >= 11 is 0. The van der Waals surface area contributed by atoms with Gasteiger partial charge in [0.05, 0.1) is 0 Å². The van der Waals surface area contributed by atoms with Gasteiger partial charge in [-0.15, -0.1) is 0 Å². The summed E-state index contributed by atoms with van der Waals surface area (Å²) in [5, 5.41) is 9.38. The van der Waals surface area contributed by atoms with Crippen LogP contribution < -0.4 is 0 Å². The largest absolute Gasteiger partial charge is 0.480 e. The second-order valence-electron chi connectivity index (χ2n) is 5.31. The normalized spacial score (nSPS) is 35.1. The summed E-state index contributed by atoms with van der Waals surface area (Å²) in [6.07, 6.45) is 5.58. The van der Waals surface area contributed by atoms with Crippen molar-refractivity contribution >= 4 is 5.97 Å². The molecule has 0 aromatic rings. The molecule has 86 valence electrons. The maximum absolute atomic E-state index is 11.4. The first-order chi connectivity index (χ1) is 7.05. The van der Waals surface area contributed by atoms with E-state index in [9.17, 15) is 9.90 Å². The Balaban J connectivity index is 2.14. The minimum atomic E-state index is -0.644. The first-order valence-corrected chi connectivity index (χ1v) is 6.06. The van der Waals surface area contributed by atoms with Gasteiger partial charge >= 0.3 is 5.97 Å². The molecular weight excluding hydrogens is 190 g/mol. The quantitative estimate of drug-likeness (QED) is 0.777. The Labute approximate surface area is 91.5 Å². The fourth-order valence-electron chi connectivity index (χ4n) is 2.86. The lowest BCUT2D eigenvalue weighted by Crippen LogP contribution is -2.58. The van der Waals surface area contributed by atoms with Crippen molar-refractivity contribution in [2.45, 2.75) is 57.5 Å². The highest BCUT2D eigenvalue weighted by Gasteiger charge is 2.46. The van der Waals surface area contributed by atoms with Crippen LogP contribution in [0.3, 0.4) is 0 Å². The lowest BCUT2D eigenvalue weighted by Gasteiger charge is -2.45. The van der Waals surface area contributed by atoms with Crippen molar-refractivity contribution in [3.05, 3.63) is 0 Å². The molecule has 2 atom stereocenters. The molecule has 1 saturated carbocycles. The van der Waals surface area contributed by atoms with Crippen molar-refractivity contribution in [1.29, 1.82) is 0 Å². The number of hydrogen-bond acceptors (Lipinski definition) is 2. The summed E-state index contributed by atoms with van der Waals surface area (Å²) in [6.45, 7) is 5.05. The van der Waals surface area contributed by atoms with Gasteiger partial charge in [0.1, 0.15) is 5.54 Å². The maximum atomic E-state index is 11.4. The average molecular weight is 211 g/mol. The molecule has 2 aliphatic rings. The first-order valence-electron chi connectivity index (χ1n) is 6.06. The molecule has 1 N–H and O–H groups in total. The second-order valence-corrected chi connectivity index (χ2v) is 5.31. The van der Waals surface area contributed by atoms with Crippen molar-refractivity contribution in [2.24, 2.45) is 5.92 Å². The Morgan fingerprint density at radius 1 is 1.47 bits per heavy atom. The predicted molar refractivity (Wildman–Crippen MR) is 58.8 cm³/mol. The van der Waals surface area contributed by atoms with Gasteiger partial charge in [-0.3, -0.25) is 9.69 Å². The molecule has 0 amide bonds. The van der Waals surface area contributed by atoms with E-state index in [0.717, 1.165) is 31.7 Å². The highest BCUT2D eigenvalue weighted by molar-refractivity contribution is 5.78. The molecule has 0 bridgehead atoms. The molecule has 3 nitrogen and oxygen atoms in total. The van der Waals surface area contributed by atoms with Crippen LogP contribution in [0, 0.1) is 5.92 Å². The van der Waals surface area contributed by atoms with E-state index in [0.29, 0.717) is 6.04 Å². The molecule has 15 heavy (non-hydrogen) atoms. The fourth-order valence-corrected chi connectivity index (χ4v) is 2.86. The van der Waals surface area contributed by atoms with Crippen molar-refractivity contribution in [2.75, 3.05) is 6.54 Å². The summed E-state index contributed by atoms with van der Waals surface area (Å²) < 4.78 is 0. The summed E-state index contributed by atoms with van der Waals surface area (Å²) in [7, 11) is 0. The van der Waals surface area contributed by atoms with Crippen LogP contribution in [0.15, 0.2) is 0 Å². The Morgan fingerprint density at radius 3 is 2.67 bits per heavy atom. The lowest BCUT2D eigenvalue weighted by atomic mass is 9.86. The van der Waals surface area contributed by atoms with Crippen LogP contribution in [0.5, 0.6) is 0 Å². The van der Waals surface area contributed by atoms with E-state index in [2.05, 4.69) is 11.8 Å². The van der Waals surface area contributed by atoms with Gasteiger partial charge in [0.25, 0.3) is 0 Å². The highest BCUT2D eigenvalue weighted by Crippen LogP contribution is 2.40. The zero-order valence-corrected chi connectivity index (χ0v) is 9.70. The zero-order valence-electron chi connectivity index (χ0n) is 9.70. The predicted octanol–water partition coefficient (Wildman–Crippen LogP) is 2.11. The van der Waals surface area contributed by atoms with E-state index < -0.39 is 11.5 Å². The Hall–Kier alpha value is -0.570. The molecule has 0 aromatic carbocycles. The molecule has 0 spiro atoms. The molecule has 0 aromatic heterocycles. The van der Waals surface area contributed by atoms with Gasteiger partial charge in [0, 0.05) is 6.04 Å². The summed E-state index contributed by atoms with van der Waals surface area (Å²) in [5.41, 5.74) is -0.611. The average Bonchev–Trinajstić information content (AvgIpc) is 3.00. The number of carboxylic acids is 1. The fraction of sp³-hybridized carbons (Fsp3) is 0.917. The van der Waals surface area contributed by atoms with Gasteiger partial charge in [-0.25, -0.2) is 0 Å². The molecule has 1 aliphatic carbocycles. The number of nitrogens with zero attached hydrogens (tertiary/aromatic N) is 1. The van der Waals surface area contributed by atoms with E-state index >= 15 is 0 Å². The molecule has 2 unspecified atom stereocenters. The molecule has 2 fully saturated rings. The molecule has 2 rings (SSSR count). The first kappa shape index (κ1) is 10.9. The van der Waals surface area contributed by atoms with Gasteiger partial charge < -0.3 is 5.11 Å². The highest BCUT2D eigenvalue weighted by atomic mass is 16.4. The van der Waals surface area contributed by atoms with Gasteiger partial charge in [-0.1, -0.05) is 0 Å². The van der Waals surface area contributed by atoms with E-state index in [1.165, 1.54) is 12.8 Å². The smallest absolute Gasteiger partial charge is 0.323 e. The summed E-state index contributed by atoms with van der Waals surface area (Å²) in [5.74, 6) is 0.108. The second kappa shape index (κ2) is 3.78. The molecule has 0 radical (unpaired) electrons. The van der Waals surface area contributed by atoms with E-state index in [1.807, 2.05) is 6.92 Å². The van der Waals surface area contributed by atoms with Crippen molar-refractivity contribution in [3.8, 4) is 0 Å². The van der Waals surface area contributed by atoms with Crippen LogP contribution in [0.4, 0.5) is 0 Å². The van der Waals surface area contributed by atoms with Crippen LogP contribution in [-0.2, 0) is 4.79 Å². The van der Waals surface area contributed by atoms with Crippen LogP contribution in [0.25, 0.3) is 0 Å². The standard InChI is InChI=1S/C12H21NO2/c1-9(10-5-6-10)13-8-4-3-7-12(13,2)11(14)15/h9-10H,3-8H2,1-2H3,(H,14,15). The number of hydrogen-bond donors (Lipinski definition) is 1. The topological polar surface area (TPSA) is 40.5 Å². The number of aliphatic carboxylic acids is 1. The van der Waals surface area contributed by atoms with E-state index in [1.54, 1.807) is 0 Å². The zero-order chi connectivity index (χ0) is 11.1. The van der Waals surface area contributed by atoms with Gasteiger partial charge in [0.2, 0.25) is 0 Å². The molecule has 1 saturated heterocycles. The monoisotopic (exact) mass is 211 g/mol. The molecule has 1 heterocycles. The van der Waals surface area contributed by atoms with Crippen molar-refractivity contribution in [3.63, 3.8) is 0 Å². The summed E-state index contributed by atoms with van der Waals surface area (Å²) in [4.78, 5) is 13.6. The number of rotatable bonds is 3. The summed E-state index contributed by atoms with van der Waals surface area (Å²) in [6, 6.07) is 0.450. The number of carbonyl (C=O) groups is 1. The van der Waals surface area contributed by atoms with E-state index in [4.69, 9.17) is 0 Å². The van der Waals surface area contributed by atoms with Gasteiger partial charge in [-0.2, -0.15) is 0 Å². The van der Waals surface area contributed by atoms with Crippen molar-refractivity contribution < 1.29 is 9.90 Å². The van der Waals surface area contributed by atoms with Crippen LogP contribution in [0.1, 0.15) is 46.0 Å². The number of likely N-dealkylation sites (tertiary alicyclic amines) is 1. The number of piperidine rings is 1. The minimum absolute atomic E-state index is 0.450. The third kappa shape index (κ3) is 1.89. The van der Waals surface area contributed by atoms with Gasteiger partial charge in [0.15, 0.2) is 0 Å². The van der Waals surface area contributed by atoms with Crippen LogP contribution in [0.2, 0.25) is 0 Å². The van der Waals surface area contributed by atoms with E-state index in [-0.39, 0.29) is 0 Å². The Morgan fingerprint density at radius 2 is 2.13 bits per heavy atom. The third-order valence-electron chi connectivity index (χ3n) is 4.20. The van der Waals surface area contributed by atoms with Crippen LogP contribution >= 0.6 is 0 Å². The molecular formula is C12H21NO2. The Kier molecular flexibility index (Phi) is 2.75. The maximum Gasteiger partial charge on any atom is 0.323 e. The van der Waals surface area contributed by atoms with Crippen LogP contribution in [-0.4, -0.2) is 34.1 Å². The van der Waals surface area contributed by atoms with Gasteiger partial charge in [-0.05, 0) is 58.4 Å². The lowest BCUT2D eigenvalue weighted by molar-refractivity contribution is -0.155. The van der Waals surface area contributed by atoms with Crippen molar-refractivity contribution in [1.82, 2.24) is 4.90 Å². The molecule has 1 aliphatic heterocycles. The third-order valence-corrected chi connectivity index (χ3v) is 4.20. The SMILES string of the molecule is CC(C1CC1)N1CCCCC1(C)C(=O)O. The number of carboxylic acid groups (broad SMARTS) is 1. The minimum Gasteiger partial charge on any atom is -0.480 e. The Bertz CT molecular complexity index is 262.